The molecule has 7 heteroatoms. The summed E-state index contributed by atoms with van der Waals surface area (Å²) in [4.78, 5) is 35.6. The van der Waals surface area contributed by atoms with Crippen molar-refractivity contribution in [3.63, 3.8) is 0 Å². The van der Waals surface area contributed by atoms with Gasteiger partial charge in [0, 0.05) is 17.8 Å². The average molecular weight is 332 g/mol. The first-order valence-corrected chi connectivity index (χ1v) is 7.78. The van der Waals surface area contributed by atoms with Crippen LogP contribution in [0.1, 0.15) is 26.5 Å². The SMILES string of the molecule is COC(=O)CCNC(=O)c1cccc(NC(=O)c2cccs2)c1. The molecule has 2 aromatic rings. The molecule has 0 fully saturated rings. The van der Waals surface area contributed by atoms with Crippen molar-refractivity contribution in [2.24, 2.45) is 0 Å². The molecule has 0 saturated carbocycles. The molecule has 0 aliphatic carbocycles. The number of nitrogens with one attached hydrogen (secondary N) is 2. The van der Waals surface area contributed by atoms with Crippen LogP contribution in [0.2, 0.25) is 0 Å². The number of esters is 1. The standard InChI is InChI=1S/C16H16N2O4S/c1-22-14(19)7-8-17-15(20)11-4-2-5-12(10-11)18-16(21)13-6-3-9-23-13/h2-6,9-10H,7-8H2,1H3,(H,17,20)(H,18,21). The van der Waals surface area contributed by atoms with Crippen molar-refractivity contribution in [3.8, 4) is 0 Å². The van der Waals surface area contributed by atoms with Gasteiger partial charge in [-0.2, -0.15) is 0 Å². The van der Waals surface area contributed by atoms with Gasteiger partial charge in [-0.05, 0) is 29.6 Å². The molecule has 1 aromatic heterocycles. The van der Waals surface area contributed by atoms with E-state index in [0.717, 1.165) is 0 Å². The van der Waals surface area contributed by atoms with Crippen LogP contribution in [0.25, 0.3) is 0 Å². The maximum absolute atomic E-state index is 12.0. The number of rotatable bonds is 6. The second kappa shape index (κ2) is 8.09. The third kappa shape index (κ3) is 4.93. The van der Waals surface area contributed by atoms with Gasteiger partial charge in [0.2, 0.25) is 0 Å². The zero-order valence-electron chi connectivity index (χ0n) is 12.5. The zero-order valence-corrected chi connectivity index (χ0v) is 13.3. The van der Waals surface area contributed by atoms with Crippen LogP contribution in [-0.4, -0.2) is 31.4 Å². The normalized spacial score (nSPS) is 9.96. The first-order valence-electron chi connectivity index (χ1n) is 6.90. The summed E-state index contributed by atoms with van der Waals surface area (Å²) < 4.78 is 4.50. The van der Waals surface area contributed by atoms with Crippen LogP contribution in [0.15, 0.2) is 41.8 Å². The molecule has 2 rings (SSSR count). The van der Waals surface area contributed by atoms with Crippen molar-refractivity contribution in [1.29, 1.82) is 0 Å². The monoisotopic (exact) mass is 332 g/mol. The van der Waals surface area contributed by atoms with Crippen LogP contribution in [0.5, 0.6) is 0 Å². The predicted molar refractivity (Wildman–Crippen MR) is 87.7 cm³/mol. The minimum absolute atomic E-state index is 0.108. The van der Waals surface area contributed by atoms with Gasteiger partial charge in [0.05, 0.1) is 18.4 Å². The van der Waals surface area contributed by atoms with E-state index in [0.29, 0.717) is 16.1 Å². The summed E-state index contributed by atoms with van der Waals surface area (Å²) in [5, 5.41) is 7.18. The second-order valence-corrected chi connectivity index (χ2v) is 5.54. The number of anilines is 1. The molecule has 0 spiro atoms. The summed E-state index contributed by atoms with van der Waals surface area (Å²) in [5.41, 5.74) is 0.933. The summed E-state index contributed by atoms with van der Waals surface area (Å²) >= 11 is 1.34. The lowest BCUT2D eigenvalue weighted by molar-refractivity contribution is -0.140. The third-order valence-electron chi connectivity index (χ3n) is 2.97. The smallest absolute Gasteiger partial charge is 0.307 e. The van der Waals surface area contributed by atoms with E-state index < -0.39 is 0 Å². The number of thiophene rings is 1. The fourth-order valence-electron chi connectivity index (χ4n) is 1.82. The molecule has 2 amide bonds. The molecule has 0 atom stereocenters. The van der Waals surface area contributed by atoms with Gasteiger partial charge in [0.15, 0.2) is 0 Å². The van der Waals surface area contributed by atoms with E-state index in [9.17, 15) is 14.4 Å². The van der Waals surface area contributed by atoms with Gasteiger partial charge in [-0.3, -0.25) is 14.4 Å². The Morgan fingerprint density at radius 1 is 1.13 bits per heavy atom. The maximum atomic E-state index is 12.0. The number of hydrogen-bond donors (Lipinski definition) is 2. The lowest BCUT2D eigenvalue weighted by Crippen LogP contribution is -2.26. The predicted octanol–water partition coefficient (Wildman–Crippen LogP) is 2.29. The Morgan fingerprint density at radius 3 is 2.65 bits per heavy atom. The zero-order chi connectivity index (χ0) is 16.7. The molecule has 1 aromatic carbocycles. The van der Waals surface area contributed by atoms with E-state index in [1.165, 1.54) is 18.4 Å². The lowest BCUT2D eigenvalue weighted by Gasteiger charge is -2.07. The van der Waals surface area contributed by atoms with Crippen LogP contribution in [-0.2, 0) is 9.53 Å². The average Bonchev–Trinajstić information content (AvgIpc) is 3.09. The van der Waals surface area contributed by atoms with Gasteiger partial charge in [0.1, 0.15) is 0 Å². The molecule has 120 valence electrons. The molecular weight excluding hydrogens is 316 g/mol. The molecule has 0 unspecified atom stereocenters. The van der Waals surface area contributed by atoms with E-state index >= 15 is 0 Å². The van der Waals surface area contributed by atoms with Crippen LogP contribution in [0.3, 0.4) is 0 Å². The maximum Gasteiger partial charge on any atom is 0.307 e. The van der Waals surface area contributed by atoms with Crippen LogP contribution < -0.4 is 10.6 Å². The molecule has 6 nitrogen and oxygen atoms in total. The van der Waals surface area contributed by atoms with Gasteiger partial charge in [-0.1, -0.05) is 12.1 Å². The number of amides is 2. The minimum atomic E-state index is -0.387. The quantitative estimate of drug-likeness (QED) is 0.795. The molecule has 1 heterocycles. The van der Waals surface area contributed by atoms with Crippen molar-refractivity contribution in [1.82, 2.24) is 5.32 Å². The molecule has 2 N–H and O–H groups in total. The van der Waals surface area contributed by atoms with E-state index in [2.05, 4.69) is 15.4 Å². The molecule has 0 bridgehead atoms. The number of benzene rings is 1. The number of carbonyl (C=O) groups is 3. The molecule has 0 aliphatic rings. The highest BCUT2D eigenvalue weighted by molar-refractivity contribution is 7.12. The van der Waals surface area contributed by atoms with E-state index in [-0.39, 0.29) is 30.7 Å². The Balaban J connectivity index is 1.95. The molecule has 23 heavy (non-hydrogen) atoms. The van der Waals surface area contributed by atoms with Gasteiger partial charge in [0.25, 0.3) is 11.8 Å². The van der Waals surface area contributed by atoms with E-state index in [4.69, 9.17) is 0 Å². The Morgan fingerprint density at radius 2 is 1.96 bits per heavy atom. The minimum Gasteiger partial charge on any atom is -0.469 e. The summed E-state index contributed by atoms with van der Waals surface area (Å²) in [6.07, 6.45) is 0.108. The van der Waals surface area contributed by atoms with Crippen molar-refractivity contribution in [2.45, 2.75) is 6.42 Å². The molecule has 0 aliphatic heterocycles. The number of ether oxygens (including phenoxy) is 1. The lowest BCUT2D eigenvalue weighted by atomic mass is 10.2. The van der Waals surface area contributed by atoms with Crippen LogP contribution in [0, 0.1) is 0 Å². The highest BCUT2D eigenvalue weighted by atomic mass is 32.1. The highest BCUT2D eigenvalue weighted by Crippen LogP contribution is 2.15. The van der Waals surface area contributed by atoms with E-state index in [1.54, 1.807) is 36.4 Å². The van der Waals surface area contributed by atoms with Crippen molar-refractivity contribution in [2.75, 3.05) is 19.0 Å². The van der Waals surface area contributed by atoms with E-state index in [1.807, 2.05) is 5.38 Å². The van der Waals surface area contributed by atoms with Gasteiger partial charge < -0.3 is 15.4 Å². The first kappa shape index (κ1) is 16.7. The Bertz CT molecular complexity index is 698. The fourth-order valence-corrected chi connectivity index (χ4v) is 2.44. The summed E-state index contributed by atoms with van der Waals surface area (Å²) in [7, 11) is 1.30. The summed E-state index contributed by atoms with van der Waals surface area (Å²) in [6, 6.07) is 10.1. The van der Waals surface area contributed by atoms with Gasteiger partial charge >= 0.3 is 5.97 Å². The number of hydrogen-bond acceptors (Lipinski definition) is 5. The van der Waals surface area contributed by atoms with Crippen molar-refractivity contribution < 1.29 is 19.1 Å². The Hall–Kier alpha value is -2.67. The van der Waals surface area contributed by atoms with Gasteiger partial charge in [-0.25, -0.2) is 0 Å². The Kier molecular flexibility index (Phi) is 5.87. The van der Waals surface area contributed by atoms with Gasteiger partial charge in [-0.15, -0.1) is 11.3 Å². The highest BCUT2D eigenvalue weighted by Gasteiger charge is 2.10. The molecule has 0 radical (unpaired) electrons. The second-order valence-electron chi connectivity index (χ2n) is 4.59. The first-order chi connectivity index (χ1) is 11.1. The van der Waals surface area contributed by atoms with Crippen LogP contribution in [0.4, 0.5) is 5.69 Å². The number of carbonyl (C=O) groups excluding carboxylic acids is 3. The third-order valence-corrected chi connectivity index (χ3v) is 3.84. The largest absolute Gasteiger partial charge is 0.469 e. The van der Waals surface area contributed by atoms with Crippen molar-refractivity contribution in [3.05, 3.63) is 52.2 Å². The van der Waals surface area contributed by atoms with Crippen molar-refractivity contribution >= 4 is 34.8 Å². The molecule has 0 saturated heterocycles. The summed E-state index contributed by atoms with van der Waals surface area (Å²) in [6.45, 7) is 0.192. The summed E-state index contributed by atoms with van der Waals surface area (Å²) in [5.74, 6) is -0.924. The fraction of sp³-hybridized carbons (Fsp3) is 0.188. The number of methoxy groups -OCH3 is 1. The topological polar surface area (TPSA) is 84.5 Å². The Labute approximate surface area is 137 Å². The van der Waals surface area contributed by atoms with Crippen LogP contribution >= 0.6 is 11.3 Å². The molecular formula is C16H16N2O4S.